The lowest BCUT2D eigenvalue weighted by molar-refractivity contribution is 0.660. The van der Waals surface area contributed by atoms with Crippen molar-refractivity contribution in [2.24, 2.45) is 0 Å². The lowest BCUT2D eigenvalue weighted by Crippen LogP contribution is -2.19. The molecule has 2 nitrogen and oxygen atoms in total. The Morgan fingerprint density at radius 1 is 0.472 bits per heavy atom. The molecule has 0 aromatic heterocycles. The number of para-hydroxylation sites is 2. The molecule has 0 saturated carbocycles. The maximum absolute atomic E-state index is 2.43. The Bertz CT molecular complexity index is 2520. The molecule has 0 saturated heterocycles. The van der Waals surface area contributed by atoms with E-state index >= 15 is 0 Å². The van der Waals surface area contributed by atoms with Crippen LogP contribution in [0.4, 0.5) is 28.4 Å². The van der Waals surface area contributed by atoms with Crippen LogP contribution >= 0.6 is 0 Å². The molecule has 2 heteroatoms. The van der Waals surface area contributed by atoms with Gasteiger partial charge in [0.25, 0.3) is 0 Å². The fraction of sp³-hybridized carbons (Fsp3) is 0.0980. The fourth-order valence-corrected chi connectivity index (χ4v) is 8.09. The van der Waals surface area contributed by atoms with Crippen LogP contribution in [0.15, 0.2) is 188 Å². The molecule has 0 spiro atoms. The summed E-state index contributed by atoms with van der Waals surface area (Å²) in [5.41, 5.74) is 14.8. The van der Waals surface area contributed by atoms with Crippen molar-refractivity contribution >= 4 is 51.4 Å². The highest BCUT2D eigenvalue weighted by atomic mass is 15.2. The number of rotatable bonds is 8. The summed E-state index contributed by atoms with van der Waals surface area (Å²) in [7, 11) is 0. The van der Waals surface area contributed by atoms with E-state index in [2.05, 4.69) is 218 Å². The van der Waals surface area contributed by atoms with Gasteiger partial charge < -0.3 is 9.80 Å². The minimum atomic E-state index is -0.126. The summed E-state index contributed by atoms with van der Waals surface area (Å²) in [6.07, 6.45) is 13.3. The Kier molecular flexibility index (Phi) is 8.37. The van der Waals surface area contributed by atoms with Gasteiger partial charge in [0.1, 0.15) is 0 Å². The smallest absolute Gasteiger partial charge is 0.0468 e. The first-order chi connectivity index (χ1) is 26.0. The SMILES string of the molecule is CC1(C)c2cc(/C=C/c3ccc(N(c4ccccc4)c4ccc5ccccc5c4)cc3)ccc2-c2ccc(N(C3=CC=CCC3)c3ccccc3)cc21. The molecule has 9 rings (SSSR count). The Labute approximate surface area is 313 Å². The zero-order valence-corrected chi connectivity index (χ0v) is 30.3. The van der Waals surface area contributed by atoms with Gasteiger partial charge in [-0.25, -0.2) is 0 Å². The van der Waals surface area contributed by atoms with E-state index in [0.29, 0.717) is 0 Å². The van der Waals surface area contributed by atoms with Crippen molar-refractivity contribution in [1.29, 1.82) is 0 Å². The Hall–Kier alpha value is -6.38. The number of hydrogen-bond donors (Lipinski definition) is 0. The Morgan fingerprint density at radius 3 is 1.74 bits per heavy atom. The lowest BCUT2D eigenvalue weighted by atomic mass is 9.81. The standard InChI is InChI=1S/C51H42N2/c1-51(2)49-34-38(26-32-47(49)48-33-31-46(36-50(48)51)52(41-16-6-3-7-17-41)42-18-8-4-9-19-42)23-22-37-24-28-44(29-25-37)53(43-20-10-5-11-21-43)45-30-27-39-14-12-13-15-40(39)35-45/h3-8,10-18,20-36H,9,19H2,1-2H3/b23-22+. The van der Waals surface area contributed by atoms with Crippen LogP contribution in [0.3, 0.4) is 0 Å². The molecule has 0 N–H and O–H groups in total. The summed E-state index contributed by atoms with van der Waals surface area (Å²) in [5.74, 6) is 0. The summed E-state index contributed by atoms with van der Waals surface area (Å²) in [6.45, 7) is 4.74. The van der Waals surface area contributed by atoms with E-state index in [0.717, 1.165) is 29.9 Å². The van der Waals surface area contributed by atoms with Gasteiger partial charge in [-0.2, -0.15) is 0 Å². The summed E-state index contributed by atoms with van der Waals surface area (Å²) in [5, 5.41) is 2.48. The summed E-state index contributed by atoms with van der Waals surface area (Å²) in [4.78, 5) is 4.76. The summed E-state index contributed by atoms with van der Waals surface area (Å²) >= 11 is 0. The van der Waals surface area contributed by atoms with E-state index < -0.39 is 0 Å². The molecule has 0 unspecified atom stereocenters. The molecule has 0 radical (unpaired) electrons. The Morgan fingerprint density at radius 2 is 1.02 bits per heavy atom. The normalized spacial score (nSPS) is 14.2. The molecule has 256 valence electrons. The van der Waals surface area contributed by atoms with E-state index in [4.69, 9.17) is 0 Å². The molecule has 2 aliphatic carbocycles. The topological polar surface area (TPSA) is 6.48 Å². The average Bonchev–Trinajstić information content (AvgIpc) is 3.44. The van der Waals surface area contributed by atoms with Crippen LogP contribution in [0.25, 0.3) is 34.1 Å². The molecular formula is C51H42N2. The predicted octanol–water partition coefficient (Wildman–Crippen LogP) is 14.2. The van der Waals surface area contributed by atoms with Crippen molar-refractivity contribution in [3.63, 3.8) is 0 Å². The van der Waals surface area contributed by atoms with Crippen molar-refractivity contribution in [1.82, 2.24) is 0 Å². The highest BCUT2D eigenvalue weighted by Crippen LogP contribution is 2.51. The molecule has 0 amide bonds. The second-order valence-corrected chi connectivity index (χ2v) is 14.6. The molecule has 0 atom stereocenters. The van der Waals surface area contributed by atoms with Crippen LogP contribution in [0.2, 0.25) is 0 Å². The summed E-state index contributed by atoms with van der Waals surface area (Å²) in [6, 6.07) is 59.5. The van der Waals surface area contributed by atoms with Gasteiger partial charge in [-0.1, -0.05) is 141 Å². The van der Waals surface area contributed by atoms with E-state index in [1.807, 2.05) is 0 Å². The van der Waals surface area contributed by atoms with E-state index in [-0.39, 0.29) is 5.41 Å². The maximum Gasteiger partial charge on any atom is 0.0468 e. The van der Waals surface area contributed by atoms with Gasteiger partial charge in [0.15, 0.2) is 0 Å². The van der Waals surface area contributed by atoms with Crippen molar-refractivity contribution in [2.45, 2.75) is 32.1 Å². The third-order valence-corrected chi connectivity index (χ3v) is 10.9. The molecule has 7 aromatic rings. The maximum atomic E-state index is 2.43. The van der Waals surface area contributed by atoms with Crippen LogP contribution in [0.5, 0.6) is 0 Å². The highest BCUT2D eigenvalue weighted by molar-refractivity contribution is 5.90. The van der Waals surface area contributed by atoms with Crippen LogP contribution in [-0.2, 0) is 5.41 Å². The predicted molar refractivity (Wildman–Crippen MR) is 227 cm³/mol. The van der Waals surface area contributed by atoms with Gasteiger partial charge >= 0.3 is 0 Å². The van der Waals surface area contributed by atoms with E-state index in [9.17, 15) is 0 Å². The third kappa shape index (κ3) is 6.17. The first kappa shape index (κ1) is 32.5. The van der Waals surface area contributed by atoms with E-state index in [1.54, 1.807) is 0 Å². The lowest BCUT2D eigenvalue weighted by Gasteiger charge is -2.30. The molecular weight excluding hydrogens is 641 g/mol. The number of fused-ring (bicyclic) bond motifs is 4. The number of hydrogen-bond acceptors (Lipinski definition) is 2. The molecule has 0 aliphatic heterocycles. The van der Waals surface area contributed by atoms with Gasteiger partial charge in [-0.3, -0.25) is 0 Å². The molecule has 0 fully saturated rings. The highest BCUT2D eigenvalue weighted by Gasteiger charge is 2.36. The molecule has 0 heterocycles. The number of benzene rings is 7. The first-order valence-corrected chi connectivity index (χ1v) is 18.7. The number of allylic oxidation sites excluding steroid dienone is 4. The second-order valence-electron chi connectivity index (χ2n) is 14.6. The first-order valence-electron chi connectivity index (χ1n) is 18.7. The number of anilines is 5. The largest absolute Gasteiger partial charge is 0.314 e. The van der Waals surface area contributed by atoms with Crippen molar-refractivity contribution in [2.75, 3.05) is 9.80 Å². The fourth-order valence-electron chi connectivity index (χ4n) is 8.09. The van der Waals surface area contributed by atoms with Crippen LogP contribution in [0, 0.1) is 0 Å². The van der Waals surface area contributed by atoms with Crippen LogP contribution in [0.1, 0.15) is 48.9 Å². The minimum Gasteiger partial charge on any atom is -0.314 e. The summed E-state index contributed by atoms with van der Waals surface area (Å²) < 4.78 is 0. The average molecular weight is 683 g/mol. The molecule has 7 aromatic carbocycles. The van der Waals surface area contributed by atoms with Crippen molar-refractivity contribution in [3.8, 4) is 11.1 Å². The molecule has 53 heavy (non-hydrogen) atoms. The van der Waals surface area contributed by atoms with Gasteiger partial charge in [0, 0.05) is 39.5 Å². The number of nitrogens with zero attached hydrogens (tertiary/aromatic N) is 2. The monoisotopic (exact) mass is 682 g/mol. The van der Waals surface area contributed by atoms with Gasteiger partial charge in [0.2, 0.25) is 0 Å². The molecule has 0 bridgehead atoms. The zero-order valence-electron chi connectivity index (χ0n) is 30.3. The second kappa shape index (κ2) is 13.6. The van der Waals surface area contributed by atoms with Gasteiger partial charge in [-0.05, 0) is 124 Å². The Balaban J connectivity index is 0.994. The minimum absolute atomic E-state index is 0.126. The van der Waals surface area contributed by atoms with Gasteiger partial charge in [-0.15, -0.1) is 0 Å². The van der Waals surface area contributed by atoms with Gasteiger partial charge in [0.05, 0.1) is 0 Å². The van der Waals surface area contributed by atoms with Crippen LogP contribution in [-0.4, -0.2) is 0 Å². The van der Waals surface area contributed by atoms with E-state index in [1.165, 1.54) is 61.2 Å². The quantitative estimate of drug-likeness (QED) is 0.147. The molecule has 2 aliphatic rings. The van der Waals surface area contributed by atoms with Crippen molar-refractivity contribution in [3.05, 3.63) is 210 Å². The third-order valence-electron chi connectivity index (χ3n) is 10.9. The van der Waals surface area contributed by atoms with Crippen molar-refractivity contribution < 1.29 is 0 Å². The van der Waals surface area contributed by atoms with Crippen LogP contribution < -0.4 is 9.80 Å². The zero-order chi connectivity index (χ0) is 35.8.